The van der Waals surface area contributed by atoms with Crippen LogP contribution in [0.4, 0.5) is 0 Å². The Bertz CT molecular complexity index is 2560. The van der Waals surface area contributed by atoms with Crippen molar-refractivity contribution in [2.75, 3.05) is 26.4 Å². The summed E-state index contributed by atoms with van der Waals surface area (Å²) in [6.07, 6.45) is 81.4. The molecule has 576 valence electrons. The van der Waals surface area contributed by atoms with Crippen LogP contribution in [0.1, 0.15) is 371 Å². The highest BCUT2D eigenvalue weighted by atomic mass is 16.5. The lowest BCUT2D eigenvalue weighted by Crippen LogP contribution is -2.60. The van der Waals surface area contributed by atoms with Crippen molar-refractivity contribution in [1.29, 1.82) is 0 Å². The van der Waals surface area contributed by atoms with Crippen LogP contribution in [-0.4, -0.2) is 71.9 Å². The smallest absolute Gasteiger partial charge is 0.306 e. The summed E-state index contributed by atoms with van der Waals surface area (Å²) in [5.41, 5.74) is 1.81. The fraction of sp³-hybridized carbons (Fsp3) is 0.793. The number of carbonyl (C=O) groups excluding carboxylic acids is 3. The van der Waals surface area contributed by atoms with Gasteiger partial charge in [0.15, 0.2) is 0 Å². The molecule has 0 spiro atoms. The molecule has 4 saturated carbocycles. The second-order valence-electron chi connectivity index (χ2n) is 34.5. The van der Waals surface area contributed by atoms with E-state index in [0.29, 0.717) is 49.4 Å². The Balaban J connectivity index is 0.000000385. The summed E-state index contributed by atoms with van der Waals surface area (Å²) >= 11 is 0. The number of aliphatic hydroxyl groups is 3. The molecule has 3 N–H and O–H groups in total. The minimum absolute atomic E-state index is 0.0370. The van der Waals surface area contributed by atoms with Gasteiger partial charge in [0.1, 0.15) is 13.2 Å². The third kappa shape index (κ3) is 29.5. The van der Waals surface area contributed by atoms with Crippen molar-refractivity contribution in [3.05, 3.63) is 96.2 Å². The van der Waals surface area contributed by atoms with Crippen LogP contribution < -0.4 is 0 Å². The van der Waals surface area contributed by atoms with E-state index in [1.54, 1.807) is 0 Å². The van der Waals surface area contributed by atoms with Gasteiger partial charge in [0.05, 0.1) is 25.4 Å². The molecule has 0 heterocycles. The van der Waals surface area contributed by atoms with Crippen molar-refractivity contribution in [2.45, 2.75) is 383 Å². The zero-order chi connectivity index (χ0) is 73.1. The largest absolute Gasteiger partial charge is 0.465 e. The van der Waals surface area contributed by atoms with Crippen molar-refractivity contribution >= 4 is 17.9 Å². The fourth-order valence-corrected chi connectivity index (χ4v) is 20.0. The van der Waals surface area contributed by atoms with Gasteiger partial charge in [0.2, 0.25) is 0 Å². The van der Waals surface area contributed by atoms with Crippen molar-refractivity contribution in [3.63, 3.8) is 0 Å². The summed E-state index contributed by atoms with van der Waals surface area (Å²) in [6.45, 7) is 22.2. The number of carbonyl (C=O) groups is 3. The molecule has 10 unspecified atom stereocenters. The molecule has 0 aromatic carbocycles. The Hall–Kier alpha value is -3.79. The van der Waals surface area contributed by atoms with Crippen LogP contribution >= 0.6 is 0 Å². The number of ether oxygens (including phenoxy) is 3. The Labute approximate surface area is 620 Å². The Kier molecular flexibility index (Phi) is 42.1. The minimum Gasteiger partial charge on any atom is -0.465 e. The molecule has 9 heteroatoms. The summed E-state index contributed by atoms with van der Waals surface area (Å²) < 4.78 is 17.7. The lowest BCUT2D eigenvalue weighted by atomic mass is 9.42. The van der Waals surface area contributed by atoms with Crippen LogP contribution in [0, 0.1) is 56.2 Å². The predicted molar refractivity (Wildman–Crippen MR) is 424 cm³/mol. The van der Waals surface area contributed by atoms with Crippen LogP contribution in [0.5, 0.6) is 0 Å². The van der Waals surface area contributed by atoms with Gasteiger partial charge in [-0.25, -0.2) is 0 Å². The van der Waals surface area contributed by atoms with Gasteiger partial charge >= 0.3 is 17.9 Å². The fourth-order valence-electron chi connectivity index (χ4n) is 20.0. The van der Waals surface area contributed by atoms with Gasteiger partial charge in [-0.3, -0.25) is 14.4 Å². The number of allylic oxidation sites excluding steroid dienone is 14. The average molecular weight is 1400 g/mol. The van der Waals surface area contributed by atoms with E-state index in [1.165, 1.54) is 135 Å². The highest BCUT2D eigenvalue weighted by Gasteiger charge is 2.63. The van der Waals surface area contributed by atoms with E-state index >= 15 is 0 Å². The molecule has 0 aromatic heterocycles. The molecular weight excluding hydrogens is 1250 g/mol. The first-order valence-electron chi connectivity index (χ1n) is 42.5. The zero-order valence-electron chi connectivity index (χ0n) is 66.6. The standard InChI is InChI=1S/C54H90O5.C38H64O4/c1-6-8-10-12-14-16-18-20-21-23-25-27-29-31-33-36-51(57)59-45-54-42-39-47-52(3,4)40-34-41-53(47,5)48(54)38-37-46(43-49(54)55)44-58-50(56)35-32-30-28-26-24-22-19-17-15-13-11-9-7-2;1-5-6-7-8-9-10-11-12-13-14-15-16-17-18-19-21-35(41)42-29-31-22-23-33-37(4)26-20-25-36(2,3)32(37)24-27-38(33,30-39)34(40)28-31/h11,13-14,16-17,19-21,37,47-49,55H,6-10,12,15,18,22-36,38-45H2,1-5H3;9-10,12-13,22,32-34,39-40H,5-8,11,14-21,23-30H2,1-4H3/b13-11-,16-14-,19-17-,21-20-;10-9-,13-12-. The molecule has 0 aliphatic heterocycles. The first-order valence-corrected chi connectivity index (χ1v) is 42.5. The molecule has 0 bridgehead atoms. The normalized spacial score (nSPS) is 27.9. The topological polar surface area (TPSA) is 140 Å². The number of hydrogen-bond donors (Lipinski definition) is 3. The van der Waals surface area contributed by atoms with Gasteiger partial charge in [-0.15, -0.1) is 0 Å². The van der Waals surface area contributed by atoms with Crippen molar-refractivity contribution < 1.29 is 43.9 Å². The van der Waals surface area contributed by atoms with Crippen molar-refractivity contribution in [2.24, 2.45) is 56.2 Å². The van der Waals surface area contributed by atoms with Crippen molar-refractivity contribution in [1.82, 2.24) is 0 Å². The highest BCUT2D eigenvalue weighted by Crippen LogP contribution is 2.68. The van der Waals surface area contributed by atoms with Crippen LogP contribution in [0.15, 0.2) is 96.2 Å². The number of aliphatic hydroxyl groups excluding tert-OH is 3. The predicted octanol–water partition coefficient (Wildman–Crippen LogP) is 24.9. The molecular formula is C92H154O9. The third-order valence-corrected chi connectivity index (χ3v) is 26.0. The Morgan fingerprint density at radius 3 is 1.12 bits per heavy atom. The zero-order valence-corrected chi connectivity index (χ0v) is 66.6. The number of esters is 3. The number of unbranched alkanes of at least 4 members (excludes halogenated alkanes) is 22. The Morgan fingerprint density at radius 1 is 0.396 bits per heavy atom. The summed E-state index contributed by atoms with van der Waals surface area (Å²) in [5, 5.41) is 34.4. The number of fused-ring (bicyclic) bond motifs is 6. The van der Waals surface area contributed by atoms with Crippen LogP contribution in [0.25, 0.3) is 0 Å². The number of rotatable bonds is 47. The molecule has 6 rings (SSSR count). The Morgan fingerprint density at radius 2 is 0.733 bits per heavy atom. The molecule has 0 radical (unpaired) electrons. The molecule has 6 aliphatic rings. The molecule has 101 heavy (non-hydrogen) atoms. The van der Waals surface area contributed by atoms with Crippen LogP contribution in [-0.2, 0) is 28.6 Å². The first-order chi connectivity index (χ1) is 48.8. The summed E-state index contributed by atoms with van der Waals surface area (Å²) in [4.78, 5) is 38.6. The van der Waals surface area contributed by atoms with E-state index in [1.807, 2.05) is 0 Å². The maximum absolute atomic E-state index is 13.2. The summed E-state index contributed by atoms with van der Waals surface area (Å²) in [6, 6.07) is 0. The molecule has 0 saturated heterocycles. The first kappa shape index (κ1) is 87.8. The summed E-state index contributed by atoms with van der Waals surface area (Å²) in [7, 11) is 0. The van der Waals surface area contributed by atoms with E-state index in [2.05, 4.69) is 147 Å². The SMILES string of the molecule is CCC/C=C\C/C=C\CCCCCCCC(=O)OCC1=CCC2C3(C)CCCC(C)(C)C3CCC2(COC(=O)CCCCCCC/C=C\C/C=C\CCCCC)C(O)C1.CCCCC/C=C\C/C=C\CCCCCCCC(=O)OCC1=CCC2C3(C)CCCC(C)(C)C3CCC2(CO)C(O)C1. The average Bonchev–Trinajstić information content (AvgIpc) is 1.65. The lowest BCUT2D eigenvalue weighted by molar-refractivity contribution is -0.193. The molecule has 10 atom stereocenters. The molecule has 6 aliphatic carbocycles. The van der Waals surface area contributed by atoms with Gasteiger partial charge < -0.3 is 29.5 Å². The van der Waals surface area contributed by atoms with E-state index in [-0.39, 0.29) is 72.4 Å². The second-order valence-corrected chi connectivity index (χ2v) is 34.5. The van der Waals surface area contributed by atoms with E-state index in [9.17, 15) is 29.7 Å². The van der Waals surface area contributed by atoms with Gasteiger partial charge in [0, 0.05) is 30.1 Å². The second kappa shape index (κ2) is 48.4. The molecule has 4 fully saturated rings. The molecule has 0 aromatic rings. The minimum atomic E-state index is -0.640. The maximum atomic E-state index is 13.2. The lowest BCUT2D eigenvalue weighted by Gasteiger charge is -2.63. The van der Waals surface area contributed by atoms with Gasteiger partial charge in [-0.05, 0) is 243 Å². The van der Waals surface area contributed by atoms with Crippen molar-refractivity contribution in [3.8, 4) is 0 Å². The van der Waals surface area contributed by atoms with E-state index in [0.717, 1.165) is 152 Å². The van der Waals surface area contributed by atoms with E-state index < -0.39 is 23.0 Å². The van der Waals surface area contributed by atoms with Gasteiger partial charge in [-0.2, -0.15) is 0 Å². The molecule has 0 amide bonds. The number of hydrogen-bond acceptors (Lipinski definition) is 9. The summed E-state index contributed by atoms with van der Waals surface area (Å²) in [5.74, 6) is 1.25. The molecule has 9 nitrogen and oxygen atoms in total. The third-order valence-electron chi connectivity index (χ3n) is 26.0. The highest BCUT2D eigenvalue weighted by molar-refractivity contribution is 5.70. The quantitative estimate of drug-likeness (QED) is 0.0235. The maximum Gasteiger partial charge on any atom is 0.306 e. The van der Waals surface area contributed by atoms with Gasteiger partial charge in [-0.1, -0.05) is 250 Å². The van der Waals surface area contributed by atoms with E-state index in [4.69, 9.17) is 14.2 Å². The van der Waals surface area contributed by atoms with Crippen LogP contribution in [0.2, 0.25) is 0 Å². The van der Waals surface area contributed by atoms with Crippen LogP contribution in [0.3, 0.4) is 0 Å². The monoisotopic (exact) mass is 1400 g/mol. The van der Waals surface area contributed by atoms with Gasteiger partial charge in [0.25, 0.3) is 0 Å².